The zero-order valence-corrected chi connectivity index (χ0v) is 10.1. The molecule has 96 valence electrons. The number of nitrogens with two attached hydrogens (primary N) is 1. The highest BCUT2D eigenvalue weighted by atomic mass is 16.5. The summed E-state index contributed by atoms with van der Waals surface area (Å²) in [6, 6.07) is 5.80. The third-order valence-corrected chi connectivity index (χ3v) is 3.48. The first-order valence-electron chi connectivity index (χ1n) is 6.05. The minimum absolute atomic E-state index is 0.182. The van der Waals surface area contributed by atoms with Gasteiger partial charge in [-0.2, -0.15) is 0 Å². The Morgan fingerprint density at radius 1 is 1.28 bits per heavy atom. The fourth-order valence-corrected chi connectivity index (χ4v) is 2.27. The molecular formula is C13H16N2O3. The van der Waals surface area contributed by atoms with Crippen LogP contribution in [0.5, 0.6) is 0 Å². The molecule has 2 aliphatic heterocycles. The van der Waals surface area contributed by atoms with Gasteiger partial charge in [-0.3, -0.25) is 4.79 Å². The molecule has 0 spiro atoms. The van der Waals surface area contributed by atoms with Crippen molar-refractivity contribution in [3.63, 3.8) is 0 Å². The Morgan fingerprint density at radius 3 is 2.89 bits per heavy atom. The first kappa shape index (κ1) is 11.6. The number of hydrogen-bond donors (Lipinski definition) is 2. The lowest BCUT2D eigenvalue weighted by Crippen LogP contribution is -2.51. The highest BCUT2D eigenvalue weighted by Crippen LogP contribution is 2.24. The molecular weight excluding hydrogens is 232 g/mol. The van der Waals surface area contributed by atoms with Crippen LogP contribution in [0, 0.1) is 0 Å². The lowest BCUT2D eigenvalue weighted by molar-refractivity contribution is -0.121. The van der Waals surface area contributed by atoms with Gasteiger partial charge in [-0.1, -0.05) is 6.07 Å². The predicted molar refractivity (Wildman–Crippen MR) is 65.9 cm³/mol. The molecule has 1 amide bonds. The van der Waals surface area contributed by atoms with Crippen LogP contribution >= 0.6 is 0 Å². The molecule has 0 aliphatic carbocycles. The molecule has 0 radical (unpaired) electrons. The Morgan fingerprint density at radius 2 is 2.11 bits per heavy atom. The van der Waals surface area contributed by atoms with Crippen molar-refractivity contribution in [1.82, 2.24) is 0 Å². The normalized spacial score (nSPS) is 26.1. The second kappa shape index (κ2) is 4.35. The summed E-state index contributed by atoms with van der Waals surface area (Å²) in [6.45, 7) is 2.09. The number of ether oxygens (including phenoxy) is 2. The van der Waals surface area contributed by atoms with Gasteiger partial charge in [0.05, 0.1) is 19.8 Å². The van der Waals surface area contributed by atoms with E-state index >= 15 is 0 Å². The maximum atomic E-state index is 12.1. The van der Waals surface area contributed by atoms with Crippen LogP contribution in [0.2, 0.25) is 0 Å². The Labute approximate surface area is 105 Å². The van der Waals surface area contributed by atoms with Gasteiger partial charge >= 0.3 is 0 Å². The molecule has 1 fully saturated rings. The standard InChI is InChI=1S/C13H16N2O3/c14-13(3-4-17-8-13)12(16)15-11-2-1-9-6-18-7-10(9)5-11/h1-2,5H,3-4,6-8,14H2,(H,15,16). The summed E-state index contributed by atoms with van der Waals surface area (Å²) in [6.07, 6.45) is 0.562. The van der Waals surface area contributed by atoms with Crippen LogP contribution in [-0.4, -0.2) is 24.7 Å². The molecule has 1 atom stereocenters. The van der Waals surface area contributed by atoms with Crippen molar-refractivity contribution in [2.75, 3.05) is 18.5 Å². The Bertz CT molecular complexity index is 481. The fraction of sp³-hybridized carbons (Fsp3) is 0.462. The third-order valence-electron chi connectivity index (χ3n) is 3.48. The van der Waals surface area contributed by atoms with Crippen molar-refractivity contribution in [2.24, 2.45) is 5.73 Å². The molecule has 1 unspecified atom stereocenters. The van der Waals surface area contributed by atoms with E-state index < -0.39 is 5.54 Å². The number of carbonyl (C=O) groups excluding carboxylic acids is 1. The second-order valence-corrected chi connectivity index (χ2v) is 4.89. The number of nitrogens with one attached hydrogen (secondary N) is 1. The minimum Gasteiger partial charge on any atom is -0.379 e. The molecule has 5 nitrogen and oxygen atoms in total. The lowest BCUT2D eigenvalue weighted by atomic mass is 9.99. The topological polar surface area (TPSA) is 73.6 Å². The van der Waals surface area contributed by atoms with Crippen LogP contribution in [0.3, 0.4) is 0 Å². The van der Waals surface area contributed by atoms with Crippen molar-refractivity contribution in [2.45, 2.75) is 25.2 Å². The van der Waals surface area contributed by atoms with Crippen LogP contribution < -0.4 is 11.1 Å². The van der Waals surface area contributed by atoms with Crippen LogP contribution in [0.4, 0.5) is 5.69 Å². The quantitative estimate of drug-likeness (QED) is 0.811. The average Bonchev–Trinajstić information content (AvgIpc) is 2.98. The minimum atomic E-state index is -0.893. The van der Waals surface area contributed by atoms with Gasteiger partial charge in [0, 0.05) is 12.3 Å². The van der Waals surface area contributed by atoms with Gasteiger partial charge in [-0.05, 0) is 29.7 Å². The highest BCUT2D eigenvalue weighted by Gasteiger charge is 2.38. The summed E-state index contributed by atoms with van der Waals surface area (Å²) in [5.74, 6) is -0.182. The van der Waals surface area contributed by atoms with Crippen molar-refractivity contribution in [3.8, 4) is 0 Å². The van der Waals surface area contributed by atoms with Crippen LogP contribution in [0.25, 0.3) is 0 Å². The number of fused-ring (bicyclic) bond motifs is 1. The zero-order valence-electron chi connectivity index (χ0n) is 10.1. The molecule has 18 heavy (non-hydrogen) atoms. The Hall–Kier alpha value is -1.43. The van der Waals surface area contributed by atoms with Crippen molar-refractivity contribution >= 4 is 11.6 Å². The molecule has 1 aromatic carbocycles. The summed E-state index contributed by atoms with van der Waals surface area (Å²) in [7, 11) is 0. The predicted octanol–water partition coefficient (Wildman–Crippen LogP) is 0.773. The molecule has 0 saturated carbocycles. The van der Waals surface area contributed by atoms with Gasteiger partial charge in [-0.15, -0.1) is 0 Å². The maximum absolute atomic E-state index is 12.1. The summed E-state index contributed by atoms with van der Waals surface area (Å²) in [5, 5.41) is 2.85. The summed E-state index contributed by atoms with van der Waals surface area (Å²) < 4.78 is 10.5. The number of benzene rings is 1. The molecule has 1 saturated heterocycles. The van der Waals surface area contributed by atoms with Crippen LogP contribution in [0.15, 0.2) is 18.2 Å². The van der Waals surface area contributed by atoms with E-state index in [9.17, 15) is 4.79 Å². The van der Waals surface area contributed by atoms with E-state index in [4.69, 9.17) is 15.2 Å². The van der Waals surface area contributed by atoms with Crippen molar-refractivity contribution < 1.29 is 14.3 Å². The van der Waals surface area contributed by atoms with Crippen LogP contribution in [-0.2, 0) is 27.5 Å². The lowest BCUT2D eigenvalue weighted by Gasteiger charge is -2.20. The smallest absolute Gasteiger partial charge is 0.246 e. The van der Waals surface area contributed by atoms with E-state index in [1.807, 2.05) is 18.2 Å². The van der Waals surface area contributed by atoms with E-state index in [1.165, 1.54) is 5.56 Å². The molecule has 2 heterocycles. The second-order valence-electron chi connectivity index (χ2n) is 4.89. The maximum Gasteiger partial charge on any atom is 0.246 e. The number of carbonyl (C=O) groups is 1. The van der Waals surface area contributed by atoms with Gasteiger partial charge in [0.15, 0.2) is 0 Å². The highest BCUT2D eigenvalue weighted by molar-refractivity contribution is 5.98. The first-order valence-corrected chi connectivity index (χ1v) is 6.05. The molecule has 2 aliphatic rings. The van der Waals surface area contributed by atoms with E-state index in [1.54, 1.807) is 0 Å². The Balaban J connectivity index is 1.74. The molecule has 1 aromatic rings. The number of amides is 1. The third kappa shape index (κ3) is 2.01. The summed E-state index contributed by atoms with van der Waals surface area (Å²) in [5.41, 5.74) is 8.18. The van der Waals surface area contributed by atoms with E-state index in [-0.39, 0.29) is 12.5 Å². The molecule has 3 rings (SSSR count). The van der Waals surface area contributed by atoms with Gasteiger partial charge in [0.2, 0.25) is 5.91 Å². The fourth-order valence-electron chi connectivity index (χ4n) is 2.27. The van der Waals surface area contributed by atoms with Crippen LogP contribution in [0.1, 0.15) is 17.5 Å². The zero-order chi connectivity index (χ0) is 12.6. The monoisotopic (exact) mass is 248 g/mol. The van der Waals surface area contributed by atoms with Gasteiger partial charge in [0.1, 0.15) is 5.54 Å². The number of hydrogen-bond acceptors (Lipinski definition) is 4. The average molecular weight is 248 g/mol. The van der Waals surface area contributed by atoms with Crippen molar-refractivity contribution in [3.05, 3.63) is 29.3 Å². The molecule has 3 N–H and O–H groups in total. The van der Waals surface area contributed by atoms with E-state index in [0.29, 0.717) is 26.2 Å². The first-order chi connectivity index (χ1) is 8.67. The largest absolute Gasteiger partial charge is 0.379 e. The summed E-state index contributed by atoms with van der Waals surface area (Å²) in [4.78, 5) is 12.1. The van der Waals surface area contributed by atoms with E-state index in [2.05, 4.69) is 5.32 Å². The molecule has 0 bridgehead atoms. The number of rotatable bonds is 2. The number of anilines is 1. The SMILES string of the molecule is NC1(C(=O)Nc2ccc3c(c2)COC3)CCOC1. The molecule has 0 aromatic heterocycles. The summed E-state index contributed by atoms with van der Waals surface area (Å²) >= 11 is 0. The Kier molecular flexibility index (Phi) is 2.81. The van der Waals surface area contributed by atoms with Gasteiger partial charge in [-0.25, -0.2) is 0 Å². The molecule has 5 heteroatoms. The van der Waals surface area contributed by atoms with Gasteiger partial charge < -0.3 is 20.5 Å². The van der Waals surface area contributed by atoms with Gasteiger partial charge in [0.25, 0.3) is 0 Å². The van der Waals surface area contributed by atoms with E-state index in [0.717, 1.165) is 11.3 Å². The van der Waals surface area contributed by atoms with Crippen molar-refractivity contribution in [1.29, 1.82) is 0 Å².